The Morgan fingerprint density at radius 1 is 1.38 bits per heavy atom. The fraction of sp³-hybridized carbons (Fsp3) is 0.692. The first kappa shape index (κ1) is 12.4. The molecular formula is C13H19ClOS. The minimum absolute atomic E-state index is 0.460. The van der Waals surface area contributed by atoms with Crippen LogP contribution in [0, 0.1) is 5.92 Å². The molecule has 0 aliphatic heterocycles. The van der Waals surface area contributed by atoms with Crippen molar-refractivity contribution >= 4 is 22.9 Å². The number of hydrogen-bond acceptors (Lipinski definition) is 2. The lowest BCUT2D eigenvalue weighted by molar-refractivity contribution is -0.0153. The molecule has 0 radical (unpaired) electrons. The van der Waals surface area contributed by atoms with Crippen LogP contribution in [-0.2, 0) is 6.42 Å². The Hall–Kier alpha value is -0.0500. The highest BCUT2D eigenvalue weighted by Crippen LogP contribution is 2.36. The molecule has 0 bridgehead atoms. The van der Waals surface area contributed by atoms with Crippen molar-refractivity contribution in [2.75, 3.05) is 0 Å². The van der Waals surface area contributed by atoms with Gasteiger partial charge in [-0.25, -0.2) is 0 Å². The normalized spacial score (nSPS) is 21.9. The first-order valence-electron chi connectivity index (χ1n) is 6.04. The third-order valence-corrected chi connectivity index (χ3v) is 4.88. The molecule has 90 valence electrons. The van der Waals surface area contributed by atoms with E-state index in [9.17, 15) is 5.11 Å². The van der Waals surface area contributed by atoms with Crippen LogP contribution in [-0.4, -0.2) is 10.7 Å². The van der Waals surface area contributed by atoms with Crippen molar-refractivity contribution in [2.24, 2.45) is 5.92 Å². The topological polar surface area (TPSA) is 20.2 Å². The van der Waals surface area contributed by atoms with E-state index >= 15 is 0 Å². The molecule has 1 N–H and O–H groups in total. The average Bonchev–Trinajstić information content (AvgIpc) is 2.64. The largest absolute Gasteiger partial charge is 0.390 e. The van der Waals surface area contributed by atoms with E-state index in [4.69, 9.17) is 11.6 Å². The van der Waals surface area contributed by atoms with E-state index in [1.165, 1.54) is 37.0 Å². The first-order valence-corrected chi connectivity index (χ1v) is 7.24. The minimum Gasteiger partial charge on any atom is -0.390 e. The standard InChI is InChI=1S/C13H19ClOS/c1-13(15,10-5-3-2-4-6-10)9-11-7-8-12(14)16-11/h7-8,10,15H,2-6,9H2,1H3. The van der Waals surface area contributed by atoms with Crippen LogP contribution in [0.4, 0.5) is 0 Å². The van der Waals surface area contributed by atoms with Gasteiger partial charge >= 0.3 is 0 Å². The van der Waals surface area contributed by atoms with E-state index in [1.807, 2.05) is 19.1 Å². The summed E-state index contributed by atoms with van der Waals surface area (Å²) in [7, 11) is 0. The molecule has 0 saturated heterocycles. The van der Waals surface area contributed by atoms with Gasteiger partial charge in [-0.3, -0.25) is 0 Å². The molecule has 1 atom stereocenters. The molecule has 1 heterocycles. The van der Waals surface area contributed by atoms with Gasteiger partial charge in [0.1, 0.15) is 0 Å². The zero-order chi connectivity index (χ0) is 11.6. The summed E-state index contributed by atoms with van der Waals surface area (Å²) < 4.78 is 0.814. The lowest BCUT2D eigenvalue weighted by Crippen LogP contribution is -2.37. The summed E-state index contributed by atoms with van der Waals surface area (Å²) in [5.74, 6) is 0.460. The van der Waals surface area contributed by atoms with E-state index < -0.39 is 5.60 Å². The second-order valence-corrected chi connectivity index (χ2v) is 6.87. The van der Waals surface area contributed by atoms with Crippen molar-refractivity contribution in [3.8, 4) is 0 Å². The Morgan fingerprint density at radius 2 is 2.06 bits per heavy atom. The Bertz CT molecular complexity index is 339. The fourth-order valence-corrected chi connectivity index (χ4v) is 3.92. The fourth-order valence-electron chi connectivity index (χ4n) is 2.67. The van der Waals surface area contributed by atoms with Gasteiger partial charge < -0.3 is 5.11 Å². The van der Waals surface area contributed by atoms with Crippen LogP contribution in [0.25, 0.3) is 0 Å². The van der Waals surface area contributed by atoms with Crippen LogP contribution in [0.3, 0.4) is 0 Å². The number of hydrogen-bond donors (Lipinski definition) is 1. The SMILES string of the molecule is CC(O)(Cc1ccc(Cl)s1)C1CCCCC1. The maximum atomic E-state index is 10.6. The van der Waals surface area contributed by atoms with Gasteiger partial charge in [-0.2, -0.15) is 0 Å². The minimum atomic E-state index is -0.561. The molecule has 1 aromatic rings. The highest BCUT2D eigenvalue weighted by molar-refractivity contribution is 7.16. The zero-order valence-electron chi connectivity index (χ0n) is 9.71. The third kappa shape index (κ3) is 2.99. The Labute approximate surface area is 106 Å². The van der Waals surface area contributed by atoms with E-state index in [0.717, 1.165) is 10.8 Å². The monoisotopic (exact) mass is 258 g/mol. The second-order valence-electron chi connectivity index (χ2n) is 5.07. The smallest absolute Gasteiger partial charge is 0.0931 e. The number of halogens is 1. The summed E-state index contributed by atoms with van der Waals surface area (Å²) >= 11 is 7.50. The quantitative estimate of drug-likeness (QED) is 0.858. The molecule has 1 nitrogen and oxygen atoms in total. The molecule has 0 amide bonds. The maximum Gasteiger partial charge on any atom is 0.0931 e. The van der Waals surface area contributed by atoms with E-state index in [1.54, 1.807) is 11.3 Å². The predicted octanol–water partition coefficient (Wildman–Crippen LogP) is 4.28. The summed E-state index contributed by atoms with van der Waals surface area (Å²) in [6.45, 7) is 1.98. The summed E-state index contributed by atoms with van der Waals surface area (Å²) in [5.41, 5.74) is -0.561. The van der Waals surface area contributed by atoms with Crippen molar-refractivity contribution in [3.63, 3.8) is 0 Å². The molecule has 1 saturated carbocycles. The van der Waals surface area contributed by atoms with Gasteiger partial charge in [0.15, 0.2) is 0 Å². The Morgan fingerprint density at radius 3 is 2.62 bits per heavy atom. The Balaban J connectivity index is 2.00. The predicted molar refractivity (Wildman–Crippen MR) is 70.2 cm³/mol. The van der Waals surface area contributed by atoms with Crippen molar-refractivity contribution in [1.29, 1.82) is 0 Å². The van der Waals surface area contributed by atoms with Gasteiger partial charge in [0.25, 0.3) is 0 Å². The lowest BCUT2D eigenvalue weighted by Gasteiger charge is -2.35. The highest BCUT2D eigenvalue weighted by Gasteiger charge is 2.33. The van der Waals surface area contributed by atoms with Gasteiger partial charge in [0, 0.05) is 11.3 Å². The molecule has 3 heteroatoms. The van der Waals surface area contributed by atoms with Crippen LogP contribution in [0.1, 0.15) is 43.9 Å². The van der Waals surface area contributed by atoms with Gasteiger partial charge in [-0.1, -0.05) is 30.9 Å². The average molecular weight is 259 g/mol. The second kappa shape index (κ2) is 5.07. The molecule has 2 rings (SSSR count). The third-order valence-electron chi connectivity index (χ3n) is 3.65. The van der Waals surface area contributed by atoms with Crippen LogP contribution in [0.15, 0.2) is 12.1 Å². The Kier molecular flexibility index (Phi) is 3.93. The first-order chi connectivity index (χ1) is 7.58. The van der Waals surface area contributed by atoms with Crippen molar-refractivity contribution in [3.05, 3.63) is 21.3 Å². The molecule has 16 heavy (non-hydrogen) atoms. The van der Waals surface area contributed by atoms with E-state index in [-0.39, 0.29) is 0 Å². The molecule has 1 aliphatic rings. The molecule has 1 unspecified atom stereocenters. The van der Waals surface area contributed by atoms with Crippen molar-refractivity contribution in [2.45, 2.75) is 51.0 Å². The van der Waals surface area contributed by atoms with Crippen LogP contribution in [0.5, 0.6) is 0 Å². The highest BCUT2D eigenvalue weighted by atomic mass is 35.5. The molecule has 0 spiro atoms. The van der Waals surface area contributed by atoms with Gasteiger partial charge in [0.05, 0.1) is 9.94 Å². The number of aliphatic hydroxyl groups is 1. The summed E-state index contributed by atoms with van der Waals surface area (Å²) in [4.78, 5) is 1.19. The summed E-state index contributed by atoms with van der Waals surface area (Å²) in [5, 5.41) is 10.6. The molecule has 1 fully saturated rings. The van der Waals surface area contributed by atoms with E-state index in [0.29, 0.717) is 5.92 Å². The summed E-state index contributed by atoms with van der Waals surface area (Å²) in [6, 6.07) is 3.95. The molecular weight excluding hydrogens is 240 g/mol. The zero-order valence-corrected chi connectivity index (χ0v) is 11.3. The van der Waals surface area contributed by atoms with Crippen LogP contribution in [0.2, 0.25) is 4.34 Å². The number of rotatable bonds is 3. The van der Waals surface area contributed by atoms with Crippen LogP contribution >= 0.6 is 22.9 Å². The van der Waals surface area contributed by atoms with Crippen molar-refractivity contribution in [1.82, 2.24) is 0 Å². The number of thiophene rings is 1. The van der Waals surface area contributed by atoms with Crippen LogP contribution < -0.4 is 0 Å². The van der Waals surface area contributed by atoms with Gasteiger partial charge in [-0.05, 0) is 37.8 Å². The molecule has 0 aromatic carbocycles. The molecule has 1 aliphatic carbocycles. The van der Waals surface area contributed by atoms with Gasteiger partial charge in [0.2, 0.25) is 0 Å². The summed E-state index contributed by atoms with van der Waals surface area (Å²) in [6.07, 6.45) is 6.96. The molecule has 1 aromatic heterocycles. The van der Waals surface area contributed by atoms with E-state index in [2.05, 4.69) is 0 Å². The lowest BCUT2D eigenvalue weighted by atomic mass is 9.76. The maximum absolute atomic E-state index is 10.6. The van der Waals surface area contributed by atoms with Crippen molar-refractivity contribution < 1.29 is 5.11 Å². The van der Waals surface area contributed by atoms with Gasteiger partial charge in [-0.15, -0.1) is 11.3 Å².